The summed E-state index contributed by atoms with van der Waals surface area (Å²) < 4.78 is 41.1. The number of rotatable bonds is 10. The van der Waals surface area contributed by atoms with Crippen LogP contribution in [0.3, 0.4) is 0 Å². The van der Waals surface area contributed by atoms with Crippen molar-refractivity contribution >= 4 is 44.5 Å². The van der Waals surface area contributed by atoms with Crippen molar-refractivity contribution in [1.82, 2.24) is 19.1 Å². The molecule has 1 unspecified atom stereocenters. The highest BCUT2D eigenvalue weighted by molar-refractivity contribution is 7.89. The van der Waals surface area contributed by atoms with Crippen molar-refractivity contribution in [1.29, 1.82) is 0 Å². The summed E-state index contributed by atoms with van der Waals surface area (Å²) in [6.07, 6.45) is 3.09. The molecule has 5 rings (SSSR count). The summed E-state index contributed by atoms with van der Waals surface area (Å²) in [5.41, 5.74) is 1.25. The van der Waals surface area contributed by atoms with Crippen LogP contribution in [0, 0.1) is 0 Å². The average molecular weight is 631 g/mol. The van der Waals surface area contributed by atoms with E-state index in [9.17, 15) is 18.0 Å². The zero-order chi connectivity index (χ0) is 30.8. The quantitative estimate of drug-likeness (QED) is 0.323. The van der Waals surface area contributed by atoms with Gasteiger partial charge in [-0.1, -0.05) is 41.9 Å². The Morgan fingerprint density at radius 2 is 1.88 bits per heavy atom. The van der Waals surface area contributed by atoms with Crippen molar-refractivity contribution in [2.75, 3.05) is 26.2 Å². The second-order valence-electron chi connectivity index (χ2n) is 12.1. The molecule has 1 N–H and O–H groups in total. The van der Waals surface area contributed by atoms with E-state index in [1.165, 1.54) is 0 Å². The van der Waals surface area contributed by atoms with Crippen LogP contribution in [-0.2, 0) is 37.4 Å². The van der Waals surface area contributed by atoms with Crippen molar-refractivity contribution < 1.29 is 27.5 Å². The number of sulfonamides is 1. The molecule has 3 aromatic rings. The predicted molar refractivity (Wildman–Crippen MR) is 164 cm³/mol. The molecule has 0 spiro atoms. The number of carbonyl (C=O) groups is 2. The molecule has 0 radical (unpaired) electrons. The number of aryl methyl sites for hydroxylation is 1. The van der Waals surface area contributed by atoms with Gasteiger partial charge in [-0.2, -0.15) is 0 Å². The Labute approximate surface area is 257 Å². The fourth-order valence-corrected chi connectivity index (χ4v) is 6.53. The van der Waals surface area contributed by atoms with E-state index in [4.69, 9.17) is 21.1 Å². The lowest BCUT2D eigenvalue weighted by molar-refractivity contribution is -0.150. The molecular formula is C31H39ClN4O6S. The number of hydrogen-bond acceptors (Lipinski definition) is 6. The number of nitrogens with one attached hydrogen (secondary N) is 1. The van der Waals surface area contributed by atoms with Gasteiger partial charge in [-0.05, 0) is 63.8 Å². The zero-order valence-corrected chi connectivity index (χ0v) is 26.4. The number of benzene rings is 2. The molecule has 232 valence electrons. The van der Waals surface area contributed by atoms with E-state index in [1.54, 1.807) is 35.2 Å². The number of amides is 2. The fraction of sp³-hybridized carbons (Fsp3) is 0.484. The van der Waals surface area contributed by atoms with Crippen molar-refractivity contribution in [2.45, 2.75) is 75.8 Å². The molecule has 1 atom stereocenters. The number of carbonyl (C=O) groups excluding carboxylic acids is 2. The first-order valence-corrected chi connectivity index (χ1v) is 16.5. The third-order valence-corrected chi connectivity index (χ3v) is 9.21. The summed E-state index contributed by atoms with van der Waals surface area (Å²) in [7, 11) is -3.57. The number of ether oxygens (including phenoxy) is 2. The first-order chi connectivity index (χ1) is 20.4. The molecule has 1 aliphatic carbocycles. The minimum absolute atomic E-state index is 0.130. The molecule has 1 saturated heterocycles. The highest BCUT2D eigenvalue weighted by Crippen LogP contribution is 2.32. The molecule has 2 heterocycles. The van der Waals surface area contributed by atoms with Gasteiger partial charge in [0.1, 0.15) is 5.60 Å². The van der Waals surface area contributed by atoms with E-state index in [2.05, 4.69) is 4.72 Å². The molecule has 1 aromatic heterocycles. The Bertz CT molecular complexity index is 1570. The second kappa shape index (κ2) is 12.9. The van der Waals surface area contributed by atoms with Gasteiger partial charge < -0.3 is 23.8 Å². The third-order valence-electron chi connectivity index (χ3n) is 7.44. The number of halogens is 1. The Morgan fingerprint density at radius 3 is 2.58 bits per heavy atom. The van der Waals surface area contributed by atoms with E-state index in [0.717, 1.165) is 29.3 Å². The maximum atomic E-state index is 13.7. The third kappa shape index (κ3) is 7.89. The van der Waals surface area contributed by atoms with Gasteiger partial charge >= 0.3 is 6.09 Å². The molecule has 12 heteroatoms. The van der Waals surface area contributed by atoms with Gasteiger partial charge in [-0.3, -0.25) is 4.79 Å². The maximum absolute atomic E-state index is 13.7. The maximum Gasteiger partial charge on any atom is 0.410 e. The Kier molecular flexibility index (Phi) is 9.36. The fourth-order valence-electron chi connectivity index (χ4n) is 5.16. The van der Waals surface area contributed by atoms with Crippen LogP contribution in [-0.4, -0.2) is 78.8 Å². The van der Waals surface area contributed by atoms with Gasteiger partial charge in [0, 0.05) is 49.3 Å². The molecule has 2 amide bonds. The summed E-state index contributed by atoms with van der Waals surface area (Å²) >= 11 is 6.54. The number of nitrogens with zero attached hydrogens (tertiary/aromatic N) is 3. The van der Waals surface area contributed by atoms with Crippen LogP contribution in [0.1, 0.15) is 45.6 Å². The van der Waals surface area contributed by atoms with Crippen molar-refractivity contribution in [3.63, 3.8) is 0 Å². The molecule has 2 aromatic carbocycles. The molecule has 43 heavy (non-hydrogen) atoms. The molecule has 10 nitrogen and oxygen atoms in total. The SMILES string of the molecule is CC(C)(C)OC(=O)N1CCOC(C(=O)N(Cc2ccc3c(Cl)cn(CCCNS(=O)(=O)c4ccccc4)c3c2)C2CC2)C1. The van der Waals surface area contributed by atoms with Crippen LogP contribution in [0.15, 0.2) is 59.6 Å². The minimum atomic E-state index is -3.57. The van der Waals surface area contributed by atoms with Crippen LogP contribution >= 0.6 is 11.6 Å². The number of fused-ring (bicyclic) bond motifs is 1. The van der Waals surface area contributed by atoms with Crippen LogP contribution in [0.5, 0.6) is 0 Å². The van der Waals surface area contributed by atoms with Crippen LogP contribution < -0.4 is 4.72 Å². The monoisotopic (exact) mass is 630 g/mol. The molecule has 1 saturated carbocycles. The standard InChI is InChI=1S/C31H39ClN4O6S/c1-31(2,3)42-30(38)35-16-17-41-28(21-35)29(37)36(23-11-12-23)19-22-10-13-25-26(32)20-34(27(25)18-22)15-7-14-33-43(39,40)24-8-5-4-6-9-24/h4-6,8-10,13,18,20,23,28,33H,7,11-12,14-17,19,21H2,1-3H3. The van der Waals surface area contributed by atoms with E-state index >= 15 is 0 Å². The van der Waals surface area contributed by atoms with Crippen molar-refractivity contribution in [3.8, 4) is 0 Å². The molecule has 2 fully saturated rings. The van der Waals surface area contributed by atoms with Crippen LogP contribution in [0.2, 0.25) is 5.02 Å². The van der Waals surface area contributed by atoms with Gasteiger partial charge in [0.15, 0.2) is 6.10 Å². The largest absolute Gasteiger partial charge is 0.444 e. The Balaban J connectivity index is 1.24. The summed E-state index contributed by atoms with van der Waals surface area (Å²) in [6.45, 7) is 7.50. The van der Waals surface area contributed by atoms with Gasteiger partial charge in [0.2, 0.25) is 10.0 Å². The molecule has 2 aliphatic rings. The zero-order valence-electron chi connectivity index (χ0n) is 24.8. The lowest BCUT2D eigenvalue weighted by Gasteiger charge is -2.36. The van der Waals surface area contributed by atoms with Gasteiger partial charge in [0.05, 0.1) is 23.1 Å². The number of hydrogen-bond donors (Lipinski definition) is 1. The first-order valence-electron chi connectivity index (χ1n) is 14.6. The minimum Gasteiger partial charge on any atom is -0.444 e. The van der Waals surface area contributed by atoms with Crippen molar-refractivity contribution in [2.24, 2.45) is 0 Å². The van der Waals surface area contributed by atoms with Gasteiger partial charge in [-0.15, -0.1) is 0 Å². The lowest BCUT2D eigenvalue weighted by Crippen LogP contribution is -2.53. The summed E-state index contributed by atoms with van der Waals surface area (Å²) in [5.74, 6) is -0.130. The number of aromatic nitrogens is 1. The Morgan fingerprint density at radius 1 is 1.14 bits per heavy atom. The smallest absolute Gasteiger partial charge is 0.410 e. The summed E-state index contributed by atoms with van der Waals surface area (Å²) in [4.78, 5) is 29.9. The topological polar surface area (TPSA) is 110 Å². The Hall–Kier alpha value is -3.12. The first kappa shape index (κ1) is 31.3. The molecular weight excluding hydrogens is 592 g/mol. The van der Waals surface area contributed by atoms with Crippen molar-refractivity contribution in [3.05, 3.63) is 65.3 Å². The summed E-state index contributed by atoms with van der Waals surface area (Å²) in [6, 6.07) is 14.4. The highest BCUT2D eigenvalue weighted by Gasteiger charge is 2.39. The van der Waals surface area contributed by atoms with Crippen LogP contribution in [0.25, 0.3) is 10.9 Å². The molecule has 1 aliphatic heterocycles. The van der Waals surface area contributed by atoms with Gasteiger partial charge in [-0.25, -0.2) is 17.9 Å². The van der Waals surface area contributed by atoms with E-state index < -0.39 is 27.8 Å². The number of morpholine rings is 1. The van der Waals surface area contributed by atoms with Gasteiger partial charge in [0.25, 0.3) is 5.91 Å². The summed E-state index contributed by atoms with van der Waals surface area (Å²) in [5, 5.41) is 1.50. The lowest BCUT2D eigenvalue weighted by atomic mass is 10.1. The highest BCUT2D eigenvalue weighted by atomic mass is 35.5. The van der Waals surface area contributed by atoms with Crippen LogP contribution in [0.4, 0.5) is 4.79 Å². The average Bonchev–Trinajstić information content (AvgIpc) is 3.77. The van der Waals surface area contributed by atoms with E-state index in [-0.39, 0.29) is 36.5 Å². The van der Waals surface area contributed by atoms with E-state index in [0.29, 0.717) is 31.1 Å². The molecule has 0 bridgehead atoms. The van der Waals surface area contributed by atoms with E-state index in [1.807, 2.05) is 54.6 Å². The second-order valence-corrected chi connectivity index (χ2v) is 14.2. The predicted octanol–water partition coefficient (Wildman–Crippen LogP) is 4.79. The normalized spacial score (nSPS) is 17.7.